The van der Waals surface area contributed by atoms with Crippen LogP contribution in [0.4, 0.5) is 0 Å². The number of benzene rings is 2. The van der Waals surface area contributed by atoms with Crippen molar-refractivity contribution in [2.75, 3.05) is 35.5 Å². The van der Waals surface area contributed by atoms with E-state index in [1.165, 1.54) is 0 Å². The lowest BCUT2D eigenvalue weighted by atomic mass is 9.73. The summed E-state index contributed by atoms with van der Waals surface area (Å²) in [6.45, 7) is 4.83. The van der Waals surface area contributed by atoms with E-state index in [4.69, 9.17) is 28.4 Å². The van der Waals surface area contributed by atoms with Crippen molar-refractivity contribution in [3.63, 3.8) is 0 Å². The largest absolute Gasteiger partial charge is 0.492 e. The number of ether oxygens (including phenoxy) is 6. The summed E-state index contributed by atoms with van der Waals surface area (Å²) in [7, 11) is 8.64. The first-order chi connectivity index (χ1) is 17.8. The molecule has 4 rings (SSSR count). The van der Waals surface area contributed by atoms with Gasteiger partial charge in [-0.25, -0.2) is 0 Å². The lowest BCUT2D eigenvalue weighted by Gasteiger charge is -2.38. The number of nitrogens with zero attached hydrogens (tertiary/aromatic N) is 2. The summed E-state index contributed by atoms with van der Waals surface area (Å²) in [6, 6.07) is 10.4. The summed E-state index contributed by atoms with van der Waals surface area (Å²) in [4.78, 5) is 2.33. The third-order valence-electron chi connectivity index (χ3n) is 7.92. The van der Waals surface area contributed by atoms with E-state index in [1.54, 1.807) is 28.4 Å². The van der Waals surface area contributed by atoms with Crippen molar-refractivity contribution in [3.05, 3.63) is 35.4 Å². The maximum atomic E-state index is 10.4. The van der Waals surface area contributed by atoms with Crippen molar-refractivity contribution in [1.29, 1.82) is 5.26 Å². The average molecular weight is 511 g/mol. The van der Waals surface area contributed by atoms with E-state index in [9.17, 15) is 5.26 Å². The Morgan fingerprint density at radius 2 is 1.49 bits per heavy atom. The van der Waals surface area contributed by atoms with E-state index >= 15 is 0 Å². The van der Waals surface area contributed by atoms with Gasteiger partial charge in [-0.15, -0.1) is 0 Å². The number of methoxy groups -OCH3 is 4. The molecule has 0 fully saturated rings. The van der Waals surface area contributed by atoms with Crippen LogP contribution in [-0.4, -0.2) is 52.7 Å². The molecule has 2 aromatic carbocycles. The first kappa shape index (κ1) is 26.7. The van der Waals surface area contributed by atoms with Gasteiger partial charge in [-0.1, -0.05) is 26.0 Å². The van der Waals surface area contributed by atoms with Gasteiger partial charge in [-0.05, 0) is 50.8 Å². The zero-order valence-electron chi connectivity index (χ0n) is 22.9. The van der Waals surface area contributed by atoms with Gasteiger partial charge >= 0.3 is 0 Å². The standard InChI is InChI=1S/C29H38N2O6/c1-18(2)29(17-30,28-36-22-12-8-9-13-23(22)37-28)14-10-11-19-15-20-21(16-31(19)3)25(33-5)27(35-7)26(34-6)24(20)32-4/h8-9,12-13,18-19,28H,10-11,14-16H2,1-7H3. The van der Waals surface area contributed by atoms with Crippen molar-refractivity contribution in [1.82, 2.24) is 4.90 Å². The highest BCUT2D eigenvalue weighted by Crippen LogP contribution is 2.52. The molecule has 0 radical (unpaired) electrons. The second kappa shape index (κ2) is 11.0. The molecular formula is C29H38N2O6. The second-order valence-electron chi connectivity index (χ2n) is 10.1. The molecule has 2 atom stereocenters. The van der Waals surface area contributed by atoms with Gasteiger partial charge in [0.05, 0.1) is 34.5 Å². The smallest absolute Gasteiger partial charge is 0.260 e. The van der Waals surface area contributed by atoms with Crippen LogP contribution in [0.1, 0.15) is 44.2 Å². The minimum atomic E-state index is -0.762. The molecule has 8 heteroatoms. The molecule has 0 aliphatic carbocycles. The van der Waals surface area contributed by atoms with Gasteiger partial charge in [0.1, 0.15) is 5.41 Å². The molecule has 8 nitrogen and oxygen atoms in total. The van der Waals surface area contributed by atoms with Gasteiger partial charge in [-0.2, -0.15) is 5.26 Å². The van der Waals surface area contributed by atoms with Crippen LogP contribution in [0, 0.1) is 22.7 Å². The fraction of sp³-hybridized carbons (Fsp3) is 0.552. The molecule has 0 spiro atoms. The van der Waals surface area contributed by atoms with Crippen LogP contribution < -0.4 is 28.4 Å². The lowest BCUT2D eigenvalue weighted by molar-refractivity contribution is -0.0656. The monoisotopic (exact) mass is 510 g/mol. The van der Waals surface area contributed by atoms with E-state index < -0.39 is 11.7 Å². The molecular weight excluding hydrogens is 472 g/mol. The molecule has 37 heavy (non-hydrogen) atoms. The number of likely N-dealkylation sites (N-methyl/N-ethyl adjacent to an activating group) is 1. The summed E-state index contributed by atoms with van der Waals surface area (Å²) >= 11 is 0. The van der Waals surface area contributed by atoms with Gasteiger partial charge in [0.15, 0.2) is 23.0 Å². The third-order valence-corrected chi connectivity index (χ3v) is 7.92. The average Bonchev–Trinajstić information content (AvgIpc) is 3.34. The van der Waals surface area contributed by atoms with Gasteiger partial charge in [0, 0.05) is 23.7 Å². The van der Waals surface area contributed by atoms with Gasteiger partial charge in [0.2, 0.25) is 11.5 Å². The van der Waals surface area contributed by atoms with E-state index in [0.29, 0.717) is 47.5 Å². The van der Waals surface area contributed by atoms with Crippen LogP contribution in [0.25, 0.3) is 0 Å². The van der Waals surface area contributed by atoms with E-state index in [0.717, 1.165) is 30.4 Å². The molecule has 2 aliphatic rings. The predicted molar refractivity (Wildman–Crippen MR) is 140 cm³/mol. The number of hydrogen-bond donors (Lipinski definition) is 0. The van der Waals surface area contributed by atoms with Crippen LogP contribution in [0.3, 0.4) is 0 Å². The molecule has 0 saturated carbocycles. The quantitative estimate of drug-likeness (QED) is 0.431. The van der Waals surface area contributed by atoms with Gasteiger partial charge in [-0.3, -0.25) is 4.90 Å². The molecule has 0 bridgehead atoms. The maximum absolute atomic E-state index is 10.4. The van der Waals surface area contributed by atoms with Crippen LogP contribution in [0.2, 0.25) is 0 Å². The van der Waals surface area contributed by atoms with Gasteiger partial charge < -0.3 is 28.4 Å². The van der Waals surface area contributed by atoms with E-state index in [1.807, 2.05) is 24.3 Å². The summed E-state index contributed by atoms with van der Waals surface area (Å²) in [5.74, 6) is 3.90. The molecule has 0 aromatic heterocycles. The summed E-state index contributed by atoms with van der Waals surface area (Å²) in [5.41, 5.74) is 1.37. The van der Waals surface area contributed by atoms with E-state index in [-0.39, 0.29) is 12.0 Å². The van der Waals surface area contributed by atoms with E-state index in [2.05, 4.69) is 31.9 Å². The van der Waals surface area contributed by atoms with Crippen LogP contribution in [0.15, 0.2) is 24.3 Å². The third kappa shape index (κ3) is 4.61. The Hall–Kier alpha value is -3.31. The molecule has 2 aromatic rings. The number of fused-ring (bicyclic) bond motifs is 2. The Labute approximate surface area is 220 Å². The summed E-state index contributed by atoms with van der Waals surface area (Å²) in [5, 5.41) is 10.4. The molecule has 0 saturated heterocycles. The first-order valence-corrected chi connectivity index (χ1v) is 12.8. The Morgan fingerprint density at radius 1 is 0.946 bits per heavy atom. The first-order valence-electron chi connectivity index (χ1n) is 12.8. The Morgan fingerprint density at radius 3 is 1.97 bits per heavy atom. The topological polar surface area (TPSA) is 82.4 Å². The second-order valence-corrected chi connectivity index (χ2v) is 10.1. The maximum Gasteiger partial charge on any atom is 0.260 e. The molecule has 2 aliphatic heterocycles. The minimum absolute atomic E-state index is 0.0581. The lowest BCUT2D eigenvalue weighted by Crippen LogP contribution is -2.44. The predicted octanol–water partition coefficient (Wildman–Crippen LogP) is 5.21. The Balaban J connectivity index is 1.54. The highest BCUT2D eigenvalue weighted by Gasteiger charge is 2.48. The number of rotatable bonds is 10. The zero-order chi connectivity index (χ0) is 26.7. The highest BCUT2D eigenvalue weighted by molar-refractivity contribution is 5.67. The van der Waals surface area contributed by atoms with Crippen molar-refractivity contribution < 1.29 is 28.4 Å². The SMILES string of the molecule is COc1c2c(c(OC)c(OC)c1OC)CN(C)C(CCCC(C#N)(C(C)C)C1Oc3ccccc3O1)C2. The normalized spacial score (nSPS) is 18.6. The van der Waals surface area contributed by atoms with Crippen molar-refractivity contribution >= 4 is 0 Å². The highest BCUT2D eigenvalue weighted by atomic mass is 16.7. The fourth-order valence-corrected chi connectivity index (χ4v) is 5.69. The van der Waals surface area contributed by atoms with Crippen LogP contribution in [0.5, 0.6) is 34.5 Å². The van der Waals surface area contributed by atoms with Crippen molar-refractivity contribution in [2.45, 2.75) is 58.4 Å². The van der Waals surface area contributed by atoms with Gasteiger partial charge in [0.25, 0.3) is 6.29 Å². The Kier molecular flexibility index (Phi) is 7.93. The molecule has 0 N–H and O–H groups in total. The molecule has 200 valence electrons. The zero-order valence-corrected chi connectivity index (χ0v) is 22.9. The fourth-order valence-electron chi connectivity index (χ4n) is 5.69. The number of nitriles is 1. The Bertz CT molecular complexity index is 1140. The molecule has 2 heterocycles. The summed E-state index contributed by atoms with van der Waals surface area (Å²) < 4.78 is 35.1. The minimum Gasteiger partial charge on any atom is -0.492 e. The van der Waals surface area contributed by atoms with Crippen LogP contribution >= 0.6 is 0 Å². The van der Waals surface area contributed by atoms with Crippen LogP contribution in [-0.2, 0) is 13.0 Å². The molecule has 0 amide bonds. The van der Waals surface area contributed by atoms with Crippen molar-refractivity contribution in [2.24, 2.45) is 11.3 Å². The molecule has 2 unspecified atom stereocenters. The summed E-state index contributed by atoms with van der Waals surface area (Å²) in [6.07, 6.45) is 2.58. The number of para-hydroxylation sites is 2. The number of hydrogen-bond acceptors (Lipinski definition) is 8. The van der Waals surface area contributed by atoms with Crippen molar-refractivity contribution in [3.8, 4) is 40.6 Å².